The van der Waals surface area contributed by atoms with Crippen molar-refractivity contribution in [1.82, 2.24) is 9.80 Å². The highest BCUT2D eigenvalue weighted by atomic mass is 16.2. The Morgan fingerprint density at radius 1 is 0.783 bits per heavy atom. The van der Waals surface area contributed by atoms with Gasteiger partial charge in [-0.05, 0) is 57.8 Å². The third-order valence-electron chi connectivity index (χ3n) is 5.62. The molecule has 2 saturated heterocycles. The van der Waals surface area contributed by atoms with Gasteiger partial charge in [-0.2, -0.15) is 0 Å². The summed E-state index contributed by atoms with van der Waals surface area (Å²) in [5.41, 5.74) is 0. The van der Waals surface area contributed by atoms with Crippen molar-refractivity contribution in [2.45, 2.75) is 96.6 Å². The van der Waals surface area contributed by atoms with Crippen molar-refractivity contribution in [2.24, 2.45) is 0 Å². The smallest absolute Gasteiger partial charge is 0.222 e. The molecule has 0 aromatic heterocycles. The number of hydrogen-bond donors (Lipinski definition) is 0. The van der Waals surface area contributed by atoms with Gasteiger partial charge in [0.1, 0.15) is 0 Å². The van der Waals surface area contributed by atoms with E-state index in [1.807, 2.05) is 0 Å². The van der Waals surface area contributed by atoms with Gasteiger partial charge >= 0.3 is 0 Å². The highest BCUT2D eigenvalue weighted by Crippen LogP contribution is 2.22. The molecular weight excluding hydrogens is 288 g/mol. The van der Waals surface area contributed by atoms with E-state index in [-0.39, 0.29) is 11.8 Å². The molecule has 2 amide bonds. The molecule has 0 aromatic carbocycles. The zero-order chi connectivity index (χ0) is 16.7. The Balaban J connectivity index is 1.75. The standard InChI is InChI=1S/C19H34N2O2/c1-3-16-10-5-7-14-20(16)18(22)12-9-13-19(23)21-15-8-6-11-17(21)4-2/h16-17H,3-15H2,1-2H3/t16-,17+. The van der Waals surface area contributed by atoms with E-state index in [9.17, 15) is 9.59 Å². The highest BCUT2D eigenvalue weighted by Gasteiger charge is 2.27. The molecule has 0 spiro atoms. The van der Waals surface area contributed by atoms with Gasteiger partial charge < -0.3 is 9.80 Å². The maximum atomic E-state index is 12.4. The van der Waals surface area contributed by atoms with Crippen molar-refractivity contribution >= 4 is 11.8 Å². The number of carbonyl (C=O) groups is 2. The van der Waals surface area contributed by atoms with Gasteiger partial charge in [0, 0.05) is 38.0 Å². The van der Waals surface area contributed by atoms with Gasteiger partial charge in [-0.3, -0.25) is 9.59 Å². The van der Waals surface area contributed by atoms with E-state index in [0.717, 1.165) is 51.6 Å². The second-order valence-electron chi connectivity index (χ2n) is 7.14. The summed E-state index contributed by atoms with van der Waals surface area (Å²) >= 11 is 0. The van der Waals surface area contributed by atoms with Crippen LogP contribution in [0.4, 0.5) is 0 Å². The fourth-order valence-corrected chi connectivity index (χ4v) is 4.18. The third kappa shape index (κ3) is 4.95. The molecule has 0 aromatic rings. The van der Waals surface area contributed by atoms with E-state index in [0.29, 0.717) is 31.3 Å². The Labute approximate surface area is 141 Å². The molecule has 0 N–H and O–H groups in total. The second kappa shape index (κ2) is 9.29. The van der Waals surface area contributed by atoms with Gasteiger partial charge in [0.25, 0.3) is 0 Å². The van der Waals surface area contributed by atoms with Gasteiger partial charge in [-0.1, -0.05) is 13.8 Å². The first-order valence-corrected chi connectivity index (χ1v) is 9.76. The molecule has 2 rings (SSSR count). The third-order valence-corrected chi connectivity index (χ3v) is 5.62. The lowest BCUT2D eigenvalue weighted by molar-refractivity contribution is -0.136. The largest absolute Gasteiger partial charge is 0.340 e. The maximum Gasteiger partial charge on any atom is 0.222 e. The quantitative estimate of drug-likeness (QED) is 0.747. The summed E-state index contributed by atoms with van der Waals surface area (Å²) < 4.78 is 0. The first-order valence-electron chi connectivity index (χ1n) is 9.76. The SMILES string of the molecule is CC[C@@H]1CCCCN1C(=O)CCCC(=O)N1CCCC[C@@H]1CC. The zero-order valence-corrected chi connectivity index (χ0v) is 15.1. The Morgan fingerprint density at radius 2 is 1.22 bits per heavy atom. The molecule has 2 aliphatic rings. The predicted octanol–water partition coefficient (Wildman–Crippen LogP) is 3.74. The van der Waals surface area contributed by atoms with Crippen molar-refractivity contribution in [3.8, 4) is 0 Å². The molecule has 4 nitrogen and oxygen atoms in total. The first kappa shape index (κ1) is 18.3. The van der Waals surface area contributed by atoms with Crippen LogP contribution >= 0.6 is 0 Å². The van der Waals surface area contributed by atoms with Crippen molar-refractivity contribution in [2.75, 3.05) is 13.1 Å². The van der Waals surface area contributed by atoms with E-state index in [4.69, 9.17) is 0 Å². The lowest BCUT2D eigenvalue weighted by atomic mass is 9.98. The molecule has 0 bridgehead atoms. The normalized spacial score (nSPS) is 25.5. The van der Waals surface area contributed by atoms with Crippen LogP contribution in [0.5, 0.6) is 0 Å². The van der Waals surface area contributed by atoms with E-state index in [2.05, 4.69) is 23.6 Å². The van der Waals surface area contributed by atoms with E-state index in [1.165, 1.54) is 12.8 Å². The van der Waals surface area contributed by atoms with Crippen LogP contribution in [0.1, 0.15) is 84.5 Å². The highest BCUT2D eigenvalue weighted by molar-refractivity contribution is 5.79. The van der Waals surface area contributed by atoms with Crippen LogP contribution in [0.15, 0.2) is 0 Å². The summed E-state index contributed by atoms with van der Waals surface area (Å²) in [7, 11) is 0. The van der Waals surface area contributed by atoms with Crippen molar-refractivity contribution in [1.29, 1.82) is 0 Å². The summed E-state index contributed by atoms with van der Waals surface area (Å²) in [6, 6.07) is 0.858. The average molecular weight is 322 g/mol. The van der Waals surface area contributed by atoms with Crippen LogP contribution in [-0.2, 0) is 9.59 Å². The van der Waals surface area contributed by atoms with Crippen LogP contribution < -0.4 is 0 Å². The Bertz CT molecular complexity index is 361. The van der Waals surface area contributed by atoms with E-state index < -0.39 is 0 Å². The summed E-state index contributed by atoms with van der Waals surface area (Å²) in [6.07, 6.45) is 10.9. The summed E-state index contributed by atoms with van der Waals surface area (Å²) in [5.74, 6) is 0.519. The van der Waals surface area contributed by atoms with Gasteiger partial charge in [-0.25, -0.2) is 0 Å². The number of nitrogens with zero attached hydrogens (tertiary/aromatic N) is 2. The molecule has 2 atom stereocenters. The van der Waals surface area contributed by atoms with Crippen LogP contribution in [0.25, 0.3) is 0 Å². The fraction of sp³-hybridized carbons (Fsp3) is 0.895. The van der Waals surface area contributed by atoms with Crippen LogP contribution in [0, 0.1) is 0 Å². The van der Waals surface area contributed by atoms with Gasteiger partial charge in [-0.15, -0.1) is 0 Å². The minimum Gasteiger partial charge on any atom is -0.340 e. The fourth-order valence-electron chi connectivity index (χ4n) is 4.18. The second-order valence-corrected chi connectivity index (χ2v) is 7.14. The Hall–Kier alpha value is -1.06. The molecule has 0 aliphatic carbocycles. The van der Waals surface area contributed by atoms with E-state index >= 15 is 0 Å². The molecule has 4 heteroatoms. The topological polar surface area (TPSA) is 40.6 Å². The number of likely N-dealkylation sites (tertiary alicyclic amines) is 2. The monoisotopic (exact) mass is 322 g/mol. The Morgan fingerprint density at radius 3 is 1.61 bits per heavy atom. The van der Waals surface area contributed by atoms with Crippen molar-refractivity contribution in [3.05, 3.63) is 0 Å². The number of rotatable bonds is 6. The minimum absolute atomic E-state index is 0.259. The van der Waals surface area contributed by atoms with Crippen LogP contribution in [0.2, 0.25) is 0 Å². The number of hydrogen-bond acceptors (Lipinski definition) is 2. The van der Waals surface area contributed by atoms with Gasteiger partial charge in [0.2, 0.25) is 11.8 Å². The first-order chi connectivity index (χ1) is 11.2. The van der Waals surface area contributed by atoms with Crippen LogP contribution in [-0.4, -0.2) is 46.8 Å². The minimum atomic E-state index is 0.259. The van der Waals surface area contributed by atoms with Crippen molar-refractivity contribution < 1.29 is 9.59 Å². The molecule has 23 heavy (non-hydrogen) atoms. The molecule has 132 valence electrons. The average Bonchev–Trinajstić information content (AvgIpc) is 2.61. The maximum absolute atomic E-state index is 12.4. The number of carbonyl (C=O) groups excluding carboxylic acids is 2. The van der Waals surface area contributed by atoms with E-state index in [1.54, 1.807) is 0 Å². The molecule has 0 saturated carbocycles. The number of amides is 2. The lowest BCUT2D eigenvalue weighted by Crippen LogP contribution is -2.44. The molecule has 0 unspecified atom stereocenters. The zero-order valence-electron chi connectivity index (χ0n) is 15.1. The molecular formula is C19H34N2O2. The van der Waals surface area contributed by atoms with Crippen LogP contribution in [0.3, 0.4) is 0 Å². The summed E-state index contributed by atoms with van der Waals surface area (Å²) in [4.78, 5) is 29.0. The summed E-state index contributed by atoms with van der Waals surface area (Å²) in [6.45, 7) is 6.16. The molecule has 0 radical (unpaired) electrons. The number of piperidine rings is 2. The Kier molecular flexibility index (Phi) is 7.38. The lowest BCUT2D eigenvalue weighted by Gasteiger charge is -2.36. The molecule has 2 aliphatic heterocycles. The van der Waals surface area contributed by atoms with Gasteiger partial charge in [0.05, 0.1) is 0 Å². The molecule has 2 fully saturated rings. The van der Waals surface area contributed by atoms with Gasteiger partial charge in [0.15, 0.2) is 0 Å². The predicted molar refractivity (Wildman–Crippen MR) is 93.1 cm³/mol. The van der Waals surface area contributed by atoms with Crippen molar-refractivity contribution in [3.63, 3.8) is 0 Å². The summed E-state index contributed by atoms with van der Waals surface area (Å²) in [5, 5.41) is 0. The molecule has 2 heterocycles.